The van der Waals surface area contributed by atoms with Gasteiger partial charge in [-0.2, -0.15) is 0 Å². The summed E-state index contributed by atoms with van der Waals surface area (Å²) in [5, 5.41) is 2.81. The summed E-state index contributed by atoms with van der Waals surface area (Å²) in [4.78, 5) is 11.5. The fourth-order valence-electron chi connectivity index (χ4n) is 1.80. The molecule has 1 amide bonds. The predicted molar refractivity (Wildman–Crippen MR) is 62.9 cm³/mol. The molecule has 0 saturated carbocycles. The van der Waals surface area contributed by atoms with Gasteiger partial charge in [0.2, 0.25) is 0 Å². The summed E-state index contributed by atoms with van der Waals surface area (Å²) >= 11 is 0. The number of hydrogen-bond acceptors (Lipinski definition) is 3. The first-order chi connectivity index (χ1) is 8.24. The lowest BCUT2D eigenvalue weighted by Crippen LogP contribution is -2.34. The van der Waals surface area contributed by atoms with E-state index < -0.39 is 6.10 Å². The molecule has 3 rings (SSSR count). The third-order valence-corrected chi connectivity index (χ3v) is 2.72. The number of carbonyl (C=O) groups is 1. The normalized spacial score (nSPS) is 18.2. The van der Waals surface area contributed by atoms with E-state index in [0.29, 0.717) is 11.4 Å². The van der Waals surface area contributed by atoms with E-state index in [2.05, 4.69) is 5.32 Å². The van der Waals surface area contributed by atoms with Crippen LogP contribution < -0.4 is 10.1 Å². The standard InChI is InChI=1S/C13H11NO3/c1-8-13(15)14-10-7-9(4-5-12(10)17-8)11-3-2-6-16-11/h2-8H,1H3,(H,14,15). The molecular formula is C13H11NO3. The lowest BCUT2D eigenvalue weighted by Gasteiger charge is -2.23. The molecule has 1 aromatic heterocycles. The molecule has 1 unspecified atom stereocenters. The second-order valence-corrected chi connectivity index (χ2v) is 3.94. The minimum atomic E-state index is -0.447. The van der Waals surface area contributed by atoms with E-state index in [9.17, 15) is 4.79 Å². The maximum atomic E-state index is 11.5. The van der Waals surface area contributed by atoms with Gasteiger partial charge in [0.05, 0.1) is 12.0 Å². The molecule has 1 aliphatic heterocycles. The van der Waals surface area contributed by atoms with Crippen LogP contribution in [0.5, 0.6) is 5.75 Å². The Hall–Kier alpha value is -2.23. The summed E-state index contributed by atoms with van der Waals surface area (Å²) in [7, 11) is 0. The minimum absolute atomic E-state index is 0.130. The monoisotopic (exact) mass is 229 g/mol. The van der Waals surface area contributed by atoms with Gasteiger partial charge in [0.1, 0.15) is 11.5 Å². The summed E-state index contributed by atoms with van der Waals surface area (Å²) in [6.45, 7) is 1.72. The average molecular weight is 229 g/mol. The molecule has 1 aromatic carbocycles. The zero-order chi connectivity index (χ0) is 11.8. The Bertz CT molecular complexity index is 560. The van der Waals surface area contributed by atoms with Crippen LogP contribution >= 0.6 is 0 Å². The molecule has 1 atom stereocenters. The molecule has 0 saturated heterocycles. The number of anilines is 1. The Balaban J connectivity index is 2.02. The molecule has 17 heavy (non-hydrogen) atoms. The molecule has 0 radical (unpaired) electrons. The number of carbonyl (C=O) groups excluding carboxylic acids is 1. The third kappa shape index (κ3) is 1.67. The highest BCUT2D eigenvalue weighted by atomic mass is 16.5. The van der Waals surface area contributed by atoms with Crippen molar-refractivity contribution < 1.29 is 13.9 Å². The van der Waals surface area contributed by atoms with Gasteiger partial charge in [0, 0.05) is 5.56 Å². The maximum absolute atomic E-state index is 11.5. The Labute approximate surface area is 98.2 Å². The van der Waals surface area contributed by atoms with Crippen LogP contribution in [0, 0.1) is 0 Å². The number of amides is 1. The van der Waals surface area contributed by atoms with E-state index in [0.717, 1.165) is 11.3 Å². The van der Waals surface area contributed by atoms with Crippen molar-refractivity contribution in [3.63, 3.8) is 0 Å². The van der Waals surface area contributed by atoms with Crippen LogP contribution in [0.25, 0.3) is 11.3 Å². The smallest absolute Gasteiger partial charge is 0.265 e. The van der Waals surface area contributed by atoms with Crippen LogP contribution in [0.3, 0.4) is 0 Å². The maximum Gasteiger partial charge on any atom is 0.265 e. The first kappa shape index (κ1) is 9.96. The lowest BCUT2D eigenvalue weighted by atomic mass is 10.1. The van der Waals surface area contributed by atoms with Gasteiger partial charge < -0.3 is 14.5 Å². The van der Waals surface area contributed by atoms with Crippen LogP contribution in [0.15, 0.2) is 41.0 Å². The number of furan rings is 1. The van der Waals surface area contributed by atoms with E-state index in [4.69, 9.17) is 9.15 Å². The highest BCUT2D eigenvalue weighted by Crippen LogP contribution is 2.33. The van der Waals surface area contributed by atoms with Crippen molar-refractivity contribution in [1.29, 1.82) is 0 Å². The number of hydrogen-bond donors (Lipinski definition) is 1. The van der Waals surface area contributed by atoms with Crippen molar-refractivity contribution in [2.45, 2.75) is 13.0 Å². The Kier molecular flexibility index (Phi) is 2.14. The Morgan fingerprint density at radius 1 is 1.29 bits per heavy atom. The quantitative estimate of drug-likeness (QED) is 0.817. The van der Waals surface area contributed by atoms with Gasteiger partial charge in [-0.15, -0.1) is 0 Å². The second-order valence-electron chi connectivity index (χ2n) is 3.94. The van der Waals surface area contributed by atoms with Crippen LogP contribution in [-0.4, -0.2) is 12.0 Å². The molecular weight excluding hydrogens is 218 g/mol. The Morgan fingerprint density at radius 3 is 2.94 bits per heavy atom. The van der Waals surface area contributed by atoms with Gasteiger partial charge in [-0.1, -0.05) is 0 Å². The molecule has 0 aliphatic carbocycles. The van der Waals surface area contributed by atoms with E-state index in [-0.39, 0.29) is 5.91 Å². The number of benzene rings is 1. The summed E-state index contributed by atoms with van der Waals surface area (Å²) < 4.78 is 10.8. The molecule has 1 aliphatic rings. The van der Waals surface area contributed by atoms with Crippen LogP contribution in [-0.2, 0) is 4.79 Å². The number of ether oxygens (including phenoxy) is 1. The molecule has 0 fully saturated rings. The fraction of sp³-hybridized carbons (Fsp3) is 0.154. The van der Waals surface area contributed by atoms with E-state index in [1.54, 1.807) is 13.2 Å². The molecule has 2 aromatic rings. The number of rotatable bonds is 1. The van der Waals surface area contributed by atoms with Crippen molar-refractivity contribution in [3.8, 4) is 17.1 Å². The molecule has 2 heterocycles. The summed E-state index contributed by atoms with van der Waals surface area (Å²) in [6.07, 6.45) is 1.17. The average Bonchev–Trinajstić information content (AvgIpc) is 2.83. The van der Waals surface area contributed by atoms with E-state index >= 15 is 0 Å². The molecule has 0 spiro atoms. The summed E-state index contributed by atoms with van der Waals surface area (Å²) in [5.41, 5.74) is 1.59. The summed E-state index contributed by atoms with van der Waals surface area (Å²) in [6, 6.07) is 9.28. The van der Waals surface area contributed by atoms with Crippen LogP contribution in [0.4, 0.5) is 5.69 Å². The van der Waals surface area contributed by atoms with Crippen LogP contribution in [0.2, 0.25) is 0 Å². The largest absolute Gasteiger partial charge is 0.479 e. The zero-order valence-corrected chi connectivity index (χ0v) is 9.27. The number of fused-ring (bicyclic) bond motifs is 1. The van der Waals surface area contributed by atoms with E-state index in [1.165, 1.54) is 0 Å². The van der Waals surface area contributed by atoms with E-state index in [1.807, 2.05) is 30.3 Å². The van der Waals surface area contributed by atoms with Crippen molar-refractivity contribution >= 4 is 11.6 Å². The molecule has 86 valence electrons. The van der Waals surface area contributed by atoms with Crippen molar-refractivity contribution in [2.24, 2.45) is 0 Å². The third-order valence-electron chi connectivity index (χ3n) is 2.72. The van der Waals surface area contributed by atoms with Gasteiger partial charge in [0.25, 0.3) is 5.91 Å². The number of nitrogens with one attached hydrogen (secondary N) is 1. The topological polar surface area (TPSA) is 51.5 Å². The second kappa shape index (κ2) is 3.66. The SMILES string of the molecule is CC1Oc2ccc(-c3ccco3)cc2NC1=O. The van der Waals surface area contributed by atoms with Gasteiger partial charge in [0.15, 0.2) is 6.10 Å². The predicted octanol–water partition coefficient (Wildman–Crippen LogP) is 2.67. The first-order valence-electron chi connectivity index (χ1n) is 5.39. The Morgan fingerprint density at radius 2 is 2.18 bits per heavy atom. The van der Waals surface area contributed by atoms with Crippen molar-refractivity contribution in [3.05, 3.63) is 36.6 Å². The molecule has 4 heteroatoms. The molecule has 1 N–H and O–H groups in total. The lowest BCUT2D eigenvalue weighted by molar-refractivity contribution is -0.122. The van der Waals surface area contributed by atoms with Crippen molar-refractivity contribution in [2.75, 3.05) is 5.32 Å². The first-order valence-corrected chi connectivity index (χ1v) is 5.39. The fourth-order valence-corrected chi connectivity index (χ4v) is 1.80. The highest BCUT2D eigenvalue weighted by molar-refractivity contribution is 5.98. The van der Waals surface area contributed by atoms with Crippen molar-refractivity contribution in [1.82, 2.24) is 0 Å². The van der Waals surface area contributed by atoms with Gasteiger partial charge in [-0.05, 0) is 37.3 Å². The highest BCUT2D eigenvalue weighted by Gasteiger charge is 2.23. The zero-order valence-electron chi connectivity index (χ0n) is 9.27. The van der Waals surface area contributed by atoms with Gasteiger partial charge in [-0.3, -0.25) is 4.79 Å². The summed E-state index contributed by atoms with van der Waals surface area (Å²) in [5.74, 6) is 1.32. The minimum Gasteiger partial charge on any atom is -0.479 e. The molecule has 0 bridgehead atoms. The van der Waals surface area contributed by atoms with Gasteiger partial charge in [-0.25, -0.2) is 0 Å². The van der Waals surface area contributed by atoms with Crippen LogP contribution in [0.1, 0.15) is 6.92 Å². The molecule has 4 nitrogen and oxygen atoms in total. The van der Waals surface area contributed by atoms with Gasteiger partial charge >= 0.3 is 0 Å².